The number of nitrogens with two attached hydrogens (primary N) is 1. The molecule has 0 saturated heterocycles. The lowest BCUT2D eigenvalue weighted by molar-refractivity contribution is 0.987. The molecule has 1 aromatic heterocycles. The zero-order valence-electron chi connectivity index (χ0n) is 10.3. The van der Waals surface area contributed by atoms with Gasteiger partial charge in [0.05, 0.1) is 0 Å². The van der Waals surface area contributed by atoms with Gasteiger partial charge in [-0.05, 0) is 24.5 Å². The number of aryl methyl sites for hydroxylation is 1. The molecule has 0 radical (unpaired) electrons. The molecule has 0 fully saturated rings. The molecule has 0 unspecified atom stereocenters. The summed E-state index contributed by atoms with van der Waals surface area (Å²) < 4.78 is 0. The highest BCUT2D eigenvalue weighted by Gasteiger charge is 1.87. The van der Waals surface area contributed by atoms with Crippen LogP contribution in [0.1, 0.15) is 25.8 Å². The van der Waals surface area contributed by atoms with E-state index in [9.17, 15) is 0 Å². The Morgan fingerprint density at radius 1 is 1.25 bits per heavy atom. The second-order valence-corrected chi connectivity index (χ2v) is 2.99. The fourth-order valence-electron chi connectivity index (χ4n) is 1.13. The molecule has 2 heteroatoms. The lowest BCUT2D eigenvalue weighted by Crippen LogP contribution is -1.91. The molecule has 2 N–H and O–H groups in total. The molecule has 1 aromatic rings. The maximum Gasteiger partial charge on any atom is 0.0299 e. The third kappa shape index (κ3) is 7.94. The van der Waals surface area contributed by atoms with Crippen molar-refractivity contribution >= 4 is 0 Å². The molecule has 0 aromatic carbocycles. The topological polar surface area (TPSA) is 38.9 Å². The van der Waals surface area contributed by atoms with E-state index in [1.54, 1.807) is 6.20 Å². The smallest absolute Gasteiger partial charge is 0.0299 e. The summed E-state index contributed by atoms with van der Waals surface area (Å²) in [6.07, 6.45) is 13.9. The Labute approximate surface area is 98.9 Å². The standard InChI is InChI=1S/C12H16N2.C2H6/c13-9-5-3-1-2-4-7-12-8-6-10-14-11-12;1-2/h1-3,5-6,8,10-11H,4,7,9,13H2;1-2H3/b2-1+,5-3+;. The monoisotopic (exact) mass is 218 g/mol. The van der Waals surface area contributed by atoms with Gasteiger partial charge in [-0.25, -0.2) is 0 Å². The zero-order valence-corrected chi connectivity index (χ0v) is 10.3. The maximum absolute atomic E-state index is 5.31. The first kappa shape index (κ1) is 14.6. The average molecular weight is 218 g/mol. The molecule has 0 bridgehead atoms. The second kappa shape index (κ2) is 11.7. The van der Waals surface area contributed by atoms with Crippen LogP contribution in [0, 0.1) is 0 Å². The fourth-order valence-corrected chi connectivity index (χ4v) is 1.13. The van der Waals surface area contributed by atoms with Crippen molar-refractivity contribution in [2.24, 2.45) is 5.73 Å². The molecule has 1 rings (SSSR count). The van der Waals surface area contributed by atoms with Gasteiger partial charge in [-0.3, -0.25) is 4.98 Å². The molecule has 0 saturated carbocycles. The van der Waals surface area contributed by atoms with Crippen LogP contribution in [0.15, 0.2) is 48.8 Å². The van der Waals surface area contributed by atoms with Crippen LogP contribution >= 0.6 is 0 Å². The van der Waals surface area contributed by atoms with Gasteiger partial charge in [0.1, 0.15) is 0 Å². The first-order chi connectivity index (χ1) is 7.93. The Morgan fingerprint density at radius 3 is 2.62 bits per heavy atom. The van der Waals surface area contributed by atoms with Crippen LogP contribution in [-0.2, 0) is 6.42 Å². The summed E-state index contributed by atoms with van der Waals surface area (Å²) in [4.78, 5) is 4.06. The summed E-state index contributed by atoms with van der Waals surface area (Å²) in [6, 6.07) is 4.06. The van der Waals surface area contributed by atoms with Crippen molar-refractivity contribution in [2.45, 2.75) is 26.7 Å². The third-order valence-corrected chi connectivity index (χ3v) is 1.84. The van der Waals surface area contributed by atoms with Crippen molar-refractivity contribution in [3.8, 4) is 0 Å². The van der Waals surface area contributed by atoms with Crippen LogP contribution in [0.5, 0.6) is 0 Å². The fraction of sp³-hybridized carbons (Fsp3) is 0.357. The molecule has 88 valence electrons. The van der Waals surface area contributed by atoms with Crippen LogP contribution in [0.4, 0.5) is 0 Å². The molecular formula is C14H22N2. The van der Waals surface area contributed by atoms with Gasteiger partial charge >= 0.3 is 0 Å². The molecule has 1 heterocycles. The van der Waals surface area contributed by atoms with E-state index in [0.717, 1.165) is 12.8 Å². The van der Waals surface area contributed by atoms with Gasteiger partial charge in [0, 0.05) is 18.9 Å². The minimum Gasteiger partial charge on any atom is -0.327 e. The summed E-state index contributed by atoms with van der Waals surface area (Å²) in [6.45, 7) is 4.60. The van der Waals surface area contributed by atoms with E-state index in [1.165, 1.54) is 5.56 Å². The van der Waals surface area contributed by atoms with Gasteiger partial charge < -0.3 is 5.73 Å². The van der Waals surface area contributed by atoms with Gasteiger partial charge in [-0.15, -0.1) is 0 Å². The first-order valence-electron chi connectivity index (χ1n) is 5.84. The summed E-state index contributed by atoms with van der Waals surface area (Å²) in [7, 11) is 0. The van der Waals surface area contributed by atoms with Crippen molar-refractivity contribution < 1.29 is 0 Å². The highest BCUT2D eigenvalue weighted by atomic mass is 14.6. The van der Waals surface area contributed by atoms with Gasteiger partial charge in [-0.1, -0.05) is 44.2 Å². The molecule has 0 spiro atoms. The lowest BCUT2D eigenvalue weighted by Gasteiger charge is -1.94. The van der Waals surface area contributed by atoms with E-state index in [2.05, 4.69) is 17.1 Å². The van der Waals surface area contributed by atoms with E-state index >= 15 is 0 Å². The zero-order chi connectivity index (χ0) is 12.1. The van der Waals surface area contributed by atoms with Gasteiger partial charge in [-0.2, -0.15) is 0 Å². The number of allylic oxidation sites excluding steroid dienone is 3. The number of pyridine rings is 1. The third-order valence-electron chi connectivity index (χ3n) is 1.84. The summed E-state index contributed by atoms with van der Waals surface area (Å²) in [5, 5.41) is 0. The lowest BCUT2D eigenvalue weighted by atomic mass is 10.1. The molecule has 0 aliphatic carbocycles. The summed E-state index contributed by atoms with van der Waals surface area (Å²) >= 11 is 0. The molecule has 0 aliphatic rings. The van der Waals surface area contributed by atoms with Gasteiger partial charge in [0.15, 0.2) is 0 Å². The number of nitrogens with zero attached hydrogens (tertiary/aromatic N) is 1. The minimum absolute atomic E-state index is 0.604. The SMILES string of the molecule is CC.NC/C=C/C=C/CCc1cccnc1. The first-order valence-corrected chi connectivity index (χ1v) is 5.84. The Hall–Kier alpha value is -1.41. The minimum atomic E-state index is 0.604. The molecule has 0 aliphatic heterocycles. The van der Waals surface area contributed by atoms with E-state index in [4.69, 9.17) is 5.73 Å². The van der Waals surface area contributed by atoms with E-state index in [0.29, 0.717) is 6.54 Å². The largest absolute Gasteiger partial charge is 0.327 e. The van der Waals surface area contributed by atoms with Crippen molar-refractivity contribution in [3.05, 3.63) is 54.4 Å². The van der Waals surface area contributed by atoms with Gasteiger partial charge in [0.2, 0.25) is 0 Å². The normalized spacial score (nSPS) is 10.4. The van der Waals surface area contributed by atoms with Crippen molar-refractivity contribution in [1.29, 1.82) is 0 Å². The molecule has 0 amide bonds. The van der Waals surface area contributed by atoms with Crippen LogP contribution in [0.25, 0.3) is 0 Å². The van der Waals surface area contributed by atoms with Crippen LogP contribution < -0.4 is 5.73 Å². The highest BCUT2D eigenvalue weighted by Crippen LogP contribution is 2.00. The van der Waals surface area contributed by atoms with Crippen LogP contribution in [-0.4, -0.2) is 11.5 Å². The van der Waals surface area contributed by atoms with Crippen molar-refractivity contribution in [1.82, 2.24) is 4.98 Å². The van der Waals surface area contributed by atoms with Crippen molar-refractivity contribution in [2.75, 3.05) is 6.54 Å². The Bertz CT molecular complexity index is 289. The number of hydrogen-bond acceptors (Lipinski definition) is 2. The Kier molecular flexibility index (Phi) is 10.6. The van der Waals surface area contributed by atoms with Gasteiger partial charge in [0.25, 0.3) is 0 Å². The molecule has 0 atom stereocenters. The predicted octanol–water partition coefficient (Wildman–Crippen LogP) is 3.11. The van der Waals surface area contributed by atoms with Crippen LogP contribution in [0.3, 0.4) is 0 Å². The van der Waals surface area contributed by atoms with E-state index < -0.39 is 0 Å². The molecule has 16 heavy (non-hydrogen) atoms. The van der Waals surface area contributed by atoms with Crippen LogP contribution in [0.2, 0.25) is 0 Å². The van der Waals surface area contributed by atoms with E-state index in [1.807, 2.05) is 44.3 Å². The average Bonchev–Trinajstić information content (AvgIpc) is 2.37. The van der Waals surface area contributed by atoms with Crippen molar-refractivity contribution in [3.63, 3.8) is 0 Å². The molecular weight excluding hydrogens is 196 g/mol. The molecule has 2 nitrogen and oxygen atoms in total. The summed E-state index contributed by atoms with van der Waals surface area (Å²) in [5.41, 5.74) is 6.58. The quantitative estimate of drug-likeness (QED) is 0.771. The second-order valence-electron chi connectivity index (χ2n) is 2.99. The number of aromatic nitrogens is 1. The predicted molar refractivity (Wildman–Crippen MR) is 71.2 cm³/mol. The van der Waals surface area contributed by atoms with E-state index in [-0.39, 0.29) is 0 Å². The highest BCUT2D eigenvalue weighted by molar-refractivity contribution is 5.10. The summed E-state index contributed by atoms with van der Waals surface area (Å²) in [5.74, 6) is 0. The number of hydrogen-bond donors (Lipinski definition) is 1. The maximum atomic E-state index is 5.31. The number of rotatable bonds is 5. The Balaban J connectivity index is 0.00000106. The Morgan fingerprint density at radius 2 is 2.00 bits per heavy atom.